The van der Waals surface area contributed by atoms with Crippen LogP contribution in [0.3, 0.4) is 0 Å². The smallest absolute Gasteiger partial charge is 0.117 e. The van der Waals surface area contributed by atoms with Gasteiger partial charge in [-0.1, -0.05) is 33.8 Å². The van der Waals surface area contributed by atoms with Crippen LogP contribution in [0.4, 0.5) is 5.69 Å². The molecular formula is C14H24NOP. The molecule has 2 nitrogen and oxygen atoms in total. The third kappa shape index (κ3) is 2.93. The summed E-state index contributed by atoms with van der Waals surface area (Å²) in [7, 11) is -0.299. The lowest BCUT2D eigenvalue weighted by Crippen LogP contribution is -2.14. The fourth-order valence-corrected chi connectivity index (χ4v) is 4.12. The number of benzene rings is 1. The van der Waals surface area contributed by atoms with Crippen LogP contribution in [0, 0.1) is 0 Å². The van der Waals surface area contributed by atoms with E-state index >= 15 is 0 Å². The molecule has 17 heavy (non-hydrogen) atoms. The van der Waals surface area contributed by atoms with Crippen molar-refractivity contribution in [3.63, 3.8) is 0 Å². The zero-order chi connectivity index (χ0) is 13.1. The van der Waals surface area contributed by atoms with Crippen molar-refractivity contribution < 1.29 is 4.57 Å². The van der Waals surface area contributed by atoms with Crippen LogP contribution in [0.2, 0.25) is 0 Å². The van der Waals surface area contributed by atoms with Crippen LogP contribution in [0.1, 0.15) is 39.2 Å². The maximum atomic E-state index is 12.8. The highest BCUT2D eigenvalue weighted by molar-refractivity contribution is 7.71. The minimum Gasteiger partial charge on any atom is -0.388 e. The van der Waals surface area contributed by atoms with E-state index in [1.54, 1.807) is 0 Å². The summed E-state index contributed by atoms with van der Waals surface area (Å²) in [5, 5.41) is 4.20. The van der Waals surface area contributed by atoms with E-state index < -0.39 is 7.14 Å². The lowest BCUT2D eigenvalue weighted by molar-refractivity contribution is 0.582. The molecule has 0 bridgehead atoms. The van der Waals surface area contributed by atoms with Gasteiger partial charge < -0.3 is 9.88 Å². The molecule has 3 heteroatoms. The molecule has 1 N–H and O–H groups in total. The van der Waals surface area contributed by atoms with E-state index in [2.05, 4.69) is 37.4 Å². The molecule has 0 aliphatic carbocycles. The number of hydrogen-bond donors (Lipinski definition) is 1. The first kappa shape index (κ1) is 14.3. The molecule has 1 aromatic rings. The van der Waals surface area contributed by atoms with Gasteiger partial charge in [-0.15, -0.1) is 0 Å². The summed E-state index contributed by atoms with van der Waals surface area (Å²) in [6.45, 7) is 8.38. The third-order valence-electron chi connectivity index (χ3n) is 3.42. The molecule has 0 saturated carbocycles. The molecule has 0 heterocycles. The Bertz CT molecular complexity index is 418. The first-order chi connectivity index (χ1) is 7.98. The Morgan fingerprint density at radius 1 is 1.24 bits per heavy atom. The molecule has 0 amide bonds. The Kier molecular flexibility index (Phi) is 4.82. The number of hydrogen-bond acceptors (Lipinski definition) is 2. The van der Waals surface area contributed by atoms with Gasteiger partial charge in [0.05, 0.1) is 0 Å². The van der Waals surface area contributed by atoms with Crippen molar-refractivity contribution >= 4 is 18.1 Å². The molecule has 0 aliphatic rings. The van der Waals surface area contributed by atoms with Crippen LogP contribution in [0.15, 0.2) is 18.2 Å². The first-order valence-corrected chi connectivity index (χ1v) is 8.46. The fourth-order valence-electron chi connectivity index (χ4n) is 2.03. The minimum atomic E-state index is -2.20. The number of nitrogens with one attached hydrogen (secondary N) is 1. The zero-order valence-electron chi connectivity index (χ0n) is 11.6. The van der Waals surface area contributed by atoms with Crippen molar-refractivity contribution in [2.45, 2.75) is 33.6 Å². The monoisotopic (exact) mass is 253 g/mol. The van der Waals surface area contributed by atoms with Crippen LogP contribution in [0.25, 0.3) is 0 Å². The van der Waals surface area contributed by atoms with E-state index in [0.717, 1.165) is 23.3 Å². The van der Waals surface area contributed by atoms with Gasteiger partial charge in [-0.25, -0.2) is 0 Å². The average Bonchev–Trinajstić information content (AvgIpc) is 2.36. The summed E-state index contributed by atoms with van der Waals surface area (Å²) < 4.78 is 12.8. The zero-order valence-corrected chi connectivity index (χ0v) is 12.5. The molecule has 0 aliphatic heterocycles. The van der Waals surface area contributed by atoms with Crippen LogP contribution < -0.4 is 10.6 Å². The highest BCUT2D eigenvalue weighted by Crippen LogP contribution is 2.45. The predicted molar refractivity (Wildman–Crippen MR) is 78.4 cm³/mol. The van der Waals surface area contributed by atoms with Crippen LogP contribution >= 0.6 is 7.14 Å². The van der Waals surface area contributed by atoms with Gasteiger partial charge in [-0.05, 0) is 23.6 Å². The number of rotatable bonds is 5. The van der Waals surface area contributed by atoms with Gasteiger partial charge in [-0.2, -0.15) is 0 Å². The fraction of sp³-hybridized carbons (Fsp3) is 0.571. The van der Waals surface area contributed by atoms with Crippen molar-refractivity contribution in [3.05, 3.63) is 23.8 Å². The van der Waals surface area contributed by atoms with Gasteiger partial charge in [0.25, 0.3) is 0 Å². The van der Waals surface area contributed by atoms with Gasteiger partial charge in [0.1, 0.15) is 7.14 Å². The summed E-state index contributed by atoms with van der Waals surface area (Å²) in [6.07, 6.45) is 1.47. The Morgan fingerprint density at radius 3 is 2.24 bits per heavy atom. The SMILES string of the molecule is CCP(=O)(CC)c1ccc(C(C)C)cc1NC. The van der Waals surface area contributed by atoms with E-state index in [9.17, 15) is 4.57 Å². The Hall–Kier alpha value is -0.750. The normalized spacial score (nSPS) is 11.9. The van der Waals surface area contributed by atoms with Crippen molar-refractivity contribution in [2.75, 3.05) is 24.7 Å². The average molecular weight is 253 g/mol. The van der Waals surface area contributed by atoms with Crippen LogP contribution in [-0.4, -0.2) is 19.4 Å². The quantitative estimate of drug-likeness (QED) is 0.807. The maximum Gasteiger partial charge on any atom is 0.117 e. The summed E-state index contributed by atoms with van der Waals surface area (Å²) in [6, 6.07) is 6.30. The standard InChI is InChI=1S/C14H24NOP/c1-6-17(16,7-2)14-9-8-12(11(3)4)10-13(14)15-5/h8-11,15H,6-7H2,1-5H3. The lowest BCUT2D eigenvalue weighted by atomic mass is 10.0. The lowest BCUT2D eigenvalue weighted by Gasteiger charge is -2.20. The Labute approximate surface area is 105 Å². The van der Waals surface area contributed by atoms with E-state index in [4.69, 9.17) is 0 Å². The second-order valence-corrected chi connectivity index (χ2v) is 8.23. The summed E-state index contributed by atoms with van der Waals surface area (Å²) >= 11 is 0. The molecule has 0 fully saturated rings. The molecule has 0 radical (unpaired) electrons. The molecule has 0 spiro atoms. The largest absolute Gasteiger partial charge is 0.388 e. The van der Waals surface area contributed by atoms with Gasteiger partial charge in [-0.3, -0.25) is 0 Å². The summed E-state index contributed by atoms with van der Waals surface area (Å²) in [4.78, 5) is 0. The van der Waals surface area contributed by atoms with E-state index in [0.29, 0.717) is 5.92 Å². The second-order valence-electron chi connectivity index (χ2n) is 4.70. The van der Waals surface area contributed by atoms with Gasteiger partial charge in [0.15, 0.2) is 0 Å². The highest BCUT2D eigenvalue weighted by Gasteiger charge is 2.23. The van der Waals surface area contributed by atoms with E-state index in [1.165, 1.54) is 5.56 Å². The van der Waals surface area contributed by atoms with Crippen molar-refractivity contribution in [3.8, 4) is 0 Å². The molecule has 1 aromatic carbocycles. The molecule has 0 atom stereocenters. The Balaban J connectivity index is 3.31. The van der Waals surface area contributed by atoms with Crippen molar-refractivity contribution in [2.24, 2.45) is 0 Å². The van der Waals surface area contributed by atoms with Crippen LogP contribution in [-0.2, 0) is 4.57 Å². The summed E-state index contributed by atoms with van der Waals surface area (Å²) in [5.41, 5.74) is 2.32. The highest BCUT2D eigenvalue weighted by atomic mass is 31.2. The maximum absolute atomic E-state index is 12.8. The predicted octanol–water partition coefficient (Wildman–Crippen LogP) is 3.88. The minimum absolute atomic E-state index is 0.499. The van der Waals surface area contributed by atoms with Gasteiger partial charge >= 0.3 is 0 Å². The molecule has 0 saturated heterocycles. The van der Waals surface area contributed by atoms with Crippen molar-refractivity contribution in [1.29, 1.82) is 0 Å². The van der Waals surface area contributed by atoms with Gasteiger partial charge in [0.2, 0.25) is 0 Å². The molecule has 96 valence electrons. The van der Waals surface area contributed by atoms with Gasteiger partial charge in [0, 0.05) is 30.4 Å². The second kappa shape index (κ2) is 5.73. The van der Waals surface area contributed by atoms with E-state index in [-0.39, 0.29) is 0 Å². The molecule has 1 rings (SSSR count). The Morgan fingerprint density at radius 2 is 1.82 bits per heavy atom. The van der Waals surface area contributed by atoms with Crippen molar-refractivity contribution in [1.82, 2.24) is 0 Å². The molecule has 0 unspecified atom stereocenters. The number of anilines is 1. The molecular weight excluding hydrogens is 229 g/mol. The van der Waals surface area contributed by atoms with Crippen LogP contribution in [0.5, 0.6) is 0 Å². The van der Waals surface area contributed by atoms with E-state index in [1.807, 2.05) is 20.9 Å². The first-order valence-electron chi connectivity index (χ1n) is 6.38. The molecule has 0 aromatic heterocycles. The topological polar surface area (TPSA) is 29.1 Å². The summed E-state index contributed by atoms with van der Waals surface area (Å²) in [5.74, 6) is 0.499. The third-order valence-corrected chi connectivity index (χ3v) is 6.73.